The number of ether oxygens (including phenoxy) is 1. The first-order valence-electron chi connectivity index (χ1n) is 9.75. The average molecular weight is 434 g/mol. The number of furan rings is 1. The van der Waals surface area contributed by atoms with Gasteiger partial charge in [-0.3, -0.25) is 10.1 Å². The Labute approximate surface area is 182 Å². The molecule has 0 unspecified atom stereocenters. The minimum Gasteiger partial charge on any atom is -0.465 e. The van der Waals surface area contributed by atoms with Gasteiger partial charge in [0.2, 0.25) is 0 Å². The first-order valence-corrected chi connectivity index (χ1v) is 9.75. The van der Waals surface area contributed by atoms with Gasteiger partial charge in [0, 0.05) is 17.6 Å². The predicted octanol–water partition coefficient (Wildman–Crippen LogP) is 3.97. The number of amides is 3. The van der Waals surface area contributed by atoms with Crippen LogP contribution in [0.5, 0.6) is 0 Å². The van der Waals surface area contributed by atoms with E-state index in [0.717, 1.165) is 16.7 Å². The summed E-state index contributed by atoms with van der Waals surface area (Å²) < 4.78 is 24.1. The lowest BCUT2D eigenvalue weighted by Crippen LogP contribution is -2.22. The molecule has 4 rings (SSSR count). The molecule has 1 aliphatic rings. The Morgan fingerprint density at radius 1 is 1.03 bits per heavy atom. The summed E-state index contributed by atoms with van der Waals surface area (Å²) in [5.74, 6) is -0.470. The van der Waals surface area contributed by atoms with E-state index < -0.39 is 17.9 Å². The number of hydrogen-bond donors (Lipinski definition) is 2. The van der Waals surface area contributed by atoms with Crippen LogP contribution in [0, 0.1) is 12.7 Å². The van der Waals surface area contributed by atoms with Crippen LogP contribution in [-0.2, 0) is 16.0 Å². The van der Waals surface area contributed by atoms with Gasteiger partial charge in [-0.2, -0.15) is 0 Å². The maximum atomic E-state index is 13.3. The highest BCUT2D eigenvalue weighted by atomic mass is 19.1. The van der Waals surface area contributed by atoms with Crippen LogP contribution in [0.4, 0.5) is 9.18 Å². The van der Waals surface area contributed by atoms with E-state index >= 15 is 0 Å². The molecule has 3 aromatic rings. The Morgan fingerprint density at radius 2 is 1.78 bits per heavy atom. The van der Waals surface area contributed by atoms with Gasteiger partial charge in [-0.1, -0.05) is 18.2 Å². The molecule has 0 radical (unpaired) electrons. The Balaban J connectivity index is 1.73. The zero-order valence-electron chi connectivity index (χ0n) is 17.3. The number of urea groups is 1. The van der Waals surface area contributed by atoms with Gasteiger partial charge in [0.15, 0.2) is 0 Å². The van der Waals surface area contributed by atoms with Gasteiger partial charge >= 0.3 is 12.0 Å². The van der Waals surface area contributed by atoms with Gasteiger partial charge in [-0.05, 0) is 54.4 Å². The van der Waals surface area contributed by atoms with E-state index in [1.807, 2.05) is 6.92 Å². The molecule has 1 aliphatic heterocycles. The number of esters is 1. The lowest BCUT2D eigenvalue weighted by Gasteiger charge is -2.09. The lowest BCUT2D eigenvalue weighted by molar-refractivity contribution is -0.115. The number of halogens is 1. The molecular weight excluding hydrogens is 415 g/mol. The molecule has 0 spiro atoms. The van der Waals surface area contributed by atoms with Crippen molar-refractivity contribution < 1.29 is 27.9 Å². The topological polar surface area (TPSA) is 97.6 Å². The molecule has 32 heavy (non-hydrogen) atoms. The lowest BCUT2D eigenvalue weighted by atomic mass is 10.0. The maximum absolute atomic E-state index is 13.3. The molecule has 7 nitrogen and oxygen atoms in total. The fourth-order valence-electron chi connectivity index (χ4n) is 3.51. The number of nitrogens with one attached hydrogen (secondary N) is 2. The smallest absolute Gasteiger partial charge is 0.337 e. The van der Waals surface area contributed by atoms with Crippen molar-refractivity contribution in [2.75, 3.05) is 7.11 Å². The van der Waals surface area contributed by atoms with Crippen LogP contribution < -0.4 is 10.6 Å². The second kappa shape index (κ2) is 8.50. The first-order chi connectivity index (χ1) is 15.4. The van der Waals surface area contributed by atoms with Gasteiger partial charge in [-0.25, -0.2) is 14.0 Å². The largest absolute Gasteiger partial charge is 0.465 e. The number of rotatable bonds is 5. The Morgan fingerprint density at radius 3 is 2.41 bits per heavy atom. The zero-order chi connectivity index (χ0) is 22.8. The third-order valence-electron chi connectivity index (χ3n) is 5.10. The summed E-state index contributed by atoms with van der Waals surface area (Å²) in [6, 6.07) is 13.8. The van der Waals surface area contributed by atoms with Crippen LogP contribution in [0.25, 0.3) is 16.9 Å². The minimum atomic E-state index is -0.623. The van der Waals surface area contributed by atoms with E-state index in [1.54, 1.807) is 42.5 Å². The van der Waals surface area contributed by atoms with Crippen molar-refractivity contribution in [3.05, 3.63) is 88.6 Å². The molecule has 1 saturated heterocycles. The number of methoxy groups -OCH3 is 1. The van der Waals surface area contributed by atoms with Gasteiger partial charge in [0.25, 0.3) is 5.91 Å². The van der Waals surface area contributed by atoms with E-state index in [1.165, 1.54) is 19.2 Å². The molecule has 3 amide bonds. The fourth-order valence-corrected chi connectivity index (χ4v) is 3.51. The highest BCUT2D eigenvalue weighted by Crippen LogP contribution is 2.32. The Bertz CT molecular complexity index is 1260. The molecule has 0 bridgehead atoms. The highest BCUT2D eigenvalue weighted by molar-refractivity contribution is 6.15. The molecule has 1 fully saturated rings. The quantitative estimate of drug-likeness (QED) is 0.360. The summed E-state index contributed by atoms with van der Waals surface area (Å²) in [6.07, 6.45) is 0.233. The first kappa shape index (κ1) is 21.0. The number of carbonyl (C=O) groups is 3. The molecule has 0 aliphatic carbocycles. The number of imide groups is 1. The summed E-state index contributed by atoms with van der Waals surface area (Å²) in [7, 11) is 1.32. The van der Waals surface area contributed by atoms with Crippen LogP contribution >= 0.6 is 0 Å². The summed E-state index contributed by atoms with van der Waals surface area (Å²) >= 11 is 0. The second-order valence-electron chi connectivity index (χ2n) is 7.25. The molecule has 0 atom stereocenters. The molecule has 8 heteroatoms. The van der Waals surface area contributed by atoms with Crippen LogP contribution in [0.2, 0.25) is 0 Å². The van der Waals surface area contributed by atoms with Gasteiger partial charge in [-0.15, -0.1) is 0 Å². The summed E-state index contributed by atoms with van der Waals surface area (Å²) in [5, 5.41) is 4.70. The van der Waals surface area contributed by atoms with Crippen molar-refractivity contribution >= 4 is 23.5 Å². The van der Waals surface area contributed by atoms with Crippen molar-refractivity contribution in [2.24, 2.45) is 0 Å². The molecule has 162 valence electrons. The predicted molar refractivity (Wildman–Crippen MR) is 114 cm³/mol. The van der Waals surface area contributed by atoms with Gasteiger partial charge in [0.1, 0.15) is 23.0 Å². The van der Waals surface area contributed by atoms with Crippen LogP contribution in [-0.4, -0.2) is 25.0 Å². The Kier molecular flexibility index (Phi) is 5.59. The maximum Gasteiger partial charge on any atom is 0.337 e. The molecule has 0 saturated carbocycles. The van der Waals surface area contributed by atoms with Gasteiger partial charge in [0.05, 0.1) is 12.7 Å². The Hall–Kier alpha value is -4.20. The van der Waals surface area contributed by atoms with E-state index in [2.05, 4.69) is 10.6 Å². The average Bonchev–Trinajstić information content (AvgIpc) is 3.39. The fraction of sp³-hybridized carbons (Fsp3) is 0.125. The summed E-state index contributed by atoms with van der Waals surface area (Å²) in [6.45, 7) is 1.84. The van der Waals surface area contributed by atoms with Crippen molar-refractivity contribution in [3.63, 3.8) is 0 Å². The number of carbonyl (C=O) groups excluding carboxylic acids is 3. The standard InChI is InChI=1S/C24H19FN2O5/c1-13-11-15(23(29)31-2)5-8-17(13)19-9-10-20(32-19)18(21-22(28)27-24(30)26-21)12-14-3-6-16(25)7-4-14/h3-11H,12H2,1-2H3,(H2,26,27,28,30). The normalized spacial score (nSPS) is 14.7. The summed E-state index contributed by atoms with van der Waals surface area (Å²) in [4.78, 5) is 35.7. The van der Waals surface area contributed by atoms with E-state index in [0.29, 0.717) is 22.7 Å². The van der Waals surface area contributed by atoms with Crippen molar-refractivity contribution in [1.82, 2.24) is 10.6 Å². The molecule has 1 aromatic heterocycles. The molecule has 2 N–H and O–H groups in total. The number of allylic oxidation sites excluding steroid dienone is 1. The summed E-state index contributed by atoms with van der Waals surface area (Å²) in [5.41, 5.74) is 3.25. The SMILES string of the molecule is COC(=O)c1ccc(-c2ccc(C(Cc3ccc(F)cc3)=C3NC(=O)NC3=O)o2)c(C)c1. The second-order valence-corrected chi connectivity index (χ2v) is 7.25. The highest BCUT2D eigenvalue weighted by Gasteiger charge is 2.29. The van der Waals surface area contributed by atoms with Crippen LogP contribution in [0.1, 0.15) is 27.2 Å². The van der Waals surface area contributed by atoms with Crippen molar-refractivity contribution in [3.8, 4) is 11.3 Å². The third-order valence-corrected chi connectivity index (χ3v) is 5.10. The molecule has 2 aromatic carbocycles. The van der Waals surface area contributed by atoms with Crippen LogP contribution in [0.3, 0.4) is 0 Å². The molecule has 2 heterocycles. The van der Waals surface area contributed by atoms with Crippen LogP contribution in [0.15, 0.2) is 64.7 Å². The van der Waals surface area contributed by atoms with E-state index in [4.69, 9.17) is 9.15 Å². The van der Waals surface area contributed by atoms with Crippen molar-refractivity contribution in [2.45, 2.75) is 13.3 Å². The zero-order valence-corrected chi connectivity index (χ0v) is 17.3. The number of aryl methyl sites for hydroxylation is 1. The molecular formula is C24H19FN2O5. The van der Waals surface area contributed by atoms with E-state index in [-0.39, 0.29) is 17.9 Å². The van der Waals surface area contributed by atoms with Gasteiger partial charge < -0.3 is 14.5 Å². The number of benzene rings is 2. The minimum absolute atomic E-state index is 0.0815. The van der Waals surface area contributed by atoms with E-state index in [9.17, 15) is 18.8 Å². The number of hydrogen-bond acceptors (Lipinski definition) is 5. The third kappa shape index (κ3) is 4.15. The monoisotopic (exact) mass is 434 g/mol. The van der Waals surface area contributed by atoms with Crippen molar-refractivity contribution in [1.29, 1.82) is 0 Å².